The van der Waals surface area contributed by atoms with Crippen molar-refractivity contribution in [1.29, 1.82) is 0 Å². The lowest BCUT2D eigenvalue weighted by atomic mass is 9.71. The Hall–Kier alpha value is -3.41. The predicted molar refractivity (Wildman–Crippen MR) is 125 cm³/mol. The van der Waals surface area contributed by atoms with Crippen molar-refractivity contribution in [2.45, 2.75) is 40.2 Å². The maximum Gasteiger partial charge on any atom is 0.312 e. The molecule has 6 heteroatoms. The second-order valence-corrected chi connectivity index (χ2v) is 7.88. The summed E-state index contributed by atoms with van der Waals surface area (Å²) in [6, 6.07) is 19.1. The van der Waals surface area contributed by atoms with Crippen LogP contribution in [0.1, 0.15) is 39.3 Å². The molecule has 0 aliphatic carbocycles. The number of hydrogen-bond acceptors (Lipinski definition) is 5. The first-order valence-electron chi connectivity index (χ1n) is 10.9. The van der Waals surface area contributed by atoms with Crippen LogP contribution in [-0.2, 0) is 20.9 Å². The molecule has 1 amide bonds. The van der Waals surface area contributed by atoms with Gasteiger partial charge in [-0.1, -0.05) is 51.1 Å². The Morgan fingerprint density at radius 1 is 1.03 bits per heavy atom. The zero-order chi connectivity index (χ0) is 23.1. The summed E-state index contributed by atoms with van der Waals surface area (Å²) in [7, 11) is 1.36. The molecule has 1 N–H and O–H groups in total. The smallest absolute Gasteiger partial charge is 0.312 e. The van der Waals surface area contributed by atoms with Gasteiger partial charge in [0.2, 0.25) is 5.91 Å². The van der Waals surface area contributed by atoms with Gasteiger partial charge in [-0.05, 0) is 37.1 Å². The Balaban J connectivity index is 1.68. The number of nitrogens with zero attached hydrogens (tertiary/aromatic N) is 1. The van der Waals surface area contributed by atoms with E-state index in [-0.39, 0.29) is 11.9 Å². The van der Waals surface area contributed by atoms with Gasteiger partial charge >= 0.3 is 5.97 Å². The summed E-state index contributed by atoms with van der Waals surface area (Å²) in [6.45, 7) is 5.89. The first kappa shape index (κ1) is 23.3. The molecule has 1 heterocycles. The quantitative estimate of drug-likeness (QED) is 0.458. The number of carbonyl (C=O) groups is 2. The molecule has 0 saturated heterocycles. The van der Waals surface area contributed by atoms with Crippen LogP contribution < -0.4 is 10.1 Å². The lowest BCUT2D eigenvalue weighted by Gasteiger charge is -2.33. The van der Waals surface area contributed by atoms with Gasteiger partial charge in [0, 0.05) is 17.1 Å². The standard InChI is InChI=1S/C26H30N2O4/c1-5-26(6-2,25(30)31-4)18(3)24(29)28-20-11-9-12-22(16-20)32-17-21-15-14-19-10-7-8-13-23(19)27-21/h7-16,18H,5-6,17H2,1-4H3,(H,28,29). The topological polar surface area (TPSA) is 77.5 Å². The Labute approximate surface area is 189 Å². The second-order valence-electron chi connectivity index (χ2n) is 7.88. The monoisotopic (exact) mass is 434 g/mol. The maximum atomic E-state index is 12.9. The number of hydrogen-bond donors (Lipinski definition) is 1. The molecule has 32 heavy (non-hydrogen) atoms. The van der Waals surface area contributed by atoms with E-state index in [9.17, 15) is 9.59 Å². The van der Waals surface area contributed by atoms with Crippen LogP contribution in [0.5, 0.6) is 5.75 Å². The number of fused-ring (bicyclic) bond motifs is 1. The van der Waals surface area contributed by atoms with Gasteiger partial charge in [-0.15, -0.1) is 0 Å². The molecule has 2 aromatic carbocycles. The van der Waals surface area contributed by atoms with Gasteiger partial charge in [-0.3, -0.25) is 9.59 Å². The van der Waals surface area contributed by atoms with Crippen molar-refractivity contribution < 1.29 is 19.1 Å². The van der Waals surface area contributed by atoms with E-state index in [1.165, 1.54) is 7.11 Å². The van der Waals surface area contributed by atoms with Crippen LogP contribution in [0.3, 0.4) is 0 Å². The van der Waals surface area contributed by atoms with Crippen molar-refractivity contribution >= 4 is 28.5 Å². The van der Waals surface area contributed by atoms with Gasteiger partial charge in [-0.2, -0.15) is 0 Å². The largest absolute Gasteiger partial charge is 0.487 e. The molecule has 0 aliphatic rings. The molecular formula is C26H30N2O4. The van der Waals surface area contributed by atoms with Crippen LogP contribution in [0.4, 0.5) is 5.69 Å². The van der Waals surface area contributed by atoms with E-state index in [0.29, 0.717) is 30.9 Å². The van der Waals surface area contributed by atoms with Gasteiger partial charge < -0.3 is 14.8 Å². The number of esters is 1. The first-order valence-corrected chi connectivity index (χ1v) is 10.9. The highest BCUT2D eigenvalue weighted by Gasteiger charge is 2.44. The van der Waals surface area contributed by atoms with Crippen molar-refractivity contribution in [1.82, 2.24) is 4.98 Å². The lowest BCUT2D eigenvalue weighted by Crippen LogP contribution is -2.43. The van der Waals surface area contributed by atoms with Crippen LogP contribution in [0.2, 0.25) is 0 Å². The van der Waals surface area contributed by atoms with E-state index in [2.05, 4.69) is 10.3 Å². The van der Waals surface area contributed by atoms with Gasteiger partial charge in [0.1, 0.15) is 12.4 Å². The van der Waals surface area contributed by atoms with Crippen LogP contribution >= 0.6 is 0 Å². The van der Waals surface area contributed by atoms with E-state index in [1.807, 2.05) is 62.4 Å². The zero-order valence-corrected chi connectivity index (χ0v) is 19.1. The SMILES string of the molecule is CCC(CC)(C(=O)OC)C(C)C(=O)Nc1cccc(OCc2ccc3ccccc3n2)c1. The third-order valence-corrected chi connectivity index (χ3v) is 6.22. The third-order valence-electron chi connectivity index (χ3n) is 6.22. The number of rotatable bonds is 9. The van der Waals surface area contributed by atoms with Gasteiger partial charge in [0.15, 0.2) is 0 Å². The minimum atomic E-state index is -0.852. The Morgan fingerprint density at radius 3 is 2.50 bits per heavy atom. The molecule has 3 rings (SSSR count). The van der Waals surface area contributed by atoms with Crippen molar-refractivity contribution in [2.24, 2.45) is 11.3 Å². The molecule has 0 saturated carbocycles. The average molecular weight is 435 g/mol. The summed E-state index contributed by atoms with van der Waals surface area (Å²) in [6.07, 6.45) is 1.04. The summed E-state index contributed by atoms with van der Waals surface area (Å²) in [5.41, 5.74) is 1.50. The summed E-state index contributed by atoms with van der Waals surface area (Å²) in [5, 5.41) is 4.00. The first-order chi connectivity index (χ1) is 15.4. The number of carbonyl (C=O) groups excluding carboxylic acids is 2. The molecule has 0 spiro atoms. The van der Waals surface area contributed by atoms with Crippen LogP contribution in [0, 0.1) is 11.3 Å². The molecular weight excluding hydrogens is 404 g/mol. The number of para-hydroxylation sites is 1. The highest BCUT2D eigenvalue weighted by atomic mass is 16.5. The number of pyridine rings is 1. The highest BCUT2D eigenvalue weighted by Crippen LogP contribution is 2.37. The number of nitrogens with one attached hydrogen (secondary N) is 1. The Kier molecular flexibility index (Phi) is 7.46. The van der Waals surface area contributed by atoms with E-state index in [4.69, 9.17) is 9.47 Å². The lowest BCUT2D eigenvalue weighted by molar-refractivity contribution is -0.159. The number of methoxy groups -OCH3 is 1. The van der Waals surface area contributed by atoms with Crippen LogP contribution in [-0.4, -0.2) is 24.0 Å². The summed E-state index contributed by atoms with van der Waals surface area (Å²) in [4.78, 5) is 30.0. The van der Waals surface area contributed by atoms with Crippen molar-refractivity contribution in [3.63, 3.8) is 0 Å². The molecule has 1 unspecified atom stereocenters. The van der Waals surface area contributed by atoms with Gasteiger partial charge in [0.05, 0.1) is 29.7 Å². The normalized spacial score (nSPS) is 12.2. The Morgan fingerprint density at radius 2 is 1.78 bits per heavy atom. The number of aromatic nitrogens is 1. The fourth-order valence-corrected chi connectivity index (χ4v) is 4.04. The average Bonchev–Trinajstić information content (AvgIpc) is 2.83. The second kappa shape index (κ2) is 10.3. The predicted octanol–water partition coefficient (Wildman–Crippen LogP) is 5.37. The molecule has 1 atom stereocenters. The fraction of sp³-hybridized carbons (Fsp3) is 0.346. The van der Waals surface area contributed by atoms with Crippen molar-refractivity contribution in [3.8, 4) is 5.75 Å². The van der Waals surface area contributed by atoms with E-state index >= 15 is 0 Å². The van der Waals surface area contributed by atoms with Gasteiger partial charge in [0.25, 0.3) is 0 Å². The summed E-state index contributed by atoms with van der Waals surface area (Å²) >= 11 is 0. The highest BCUT2D eigenvalue weighted by molar-refractivity contribution is 5.96. The van der Waals surface area contributed by atoms with E-state index in [0.717, 1.165) is 16.6 Å². The third kappa shape index (κ3) is 4.90. The van der Waals surface area contributed by atoms with Gasteiger partial charge in [-0.25, -0.2) is 4.98 Å². The number of anilines is 1. The molecule has 6 nitrogen and oxygen atoms in total. The molecule has 3 aromatic rings. The van der Waals surface area contributed by atoms with Crippen LogP contribution in [0.25, 0.3) is 10.9 Å². The van der Waals surface area contributed by atoms with Crippen LogP contribution in [0.15, 0.2) is 60.7 Å². The molecule has 0 aliphatic heterocycles. The minimum Gasteiger partial charge on any atom is -0.487 e. The minimum absolute atomic E-state index is 0.229. The summed E-state index contributed by atoms with van der Waals surface area (Å²) < 4.78 is 10.9. The molecule has 168 valence electrons. The zero-order valence-electron chi connectivity index (χ0n) is 19.1. The maximum absolute atomic E-state index is 12.9. The Bertz CT molecular complexity index is 1090. The summed E-state index contributed by atoms with van der Waals surface area (Å²) in [5.74, 6) is -0.510. The fourth-order valence-electron chi connectivity index (χ4n) is 4.04. The number of amides is 1. The molecule has 1 aromatic heterocycles. The molecule has 0 radical (unpaired) electrons. The van der Waals surface area contributed by atoms with Crippen molar-refractivity contribution in [3.05, 3.63) is 66.4 Å². The van der Waals surface area contributed by atoms with Crippen molar-refractivity contribution in [2.75, 3.05) is 12.4 Å². The molecule has 0 fully saturated rings. The van der Waals surface area contributed by atoms with E-state index in [1.54, 1.807) is 19.1 Å². The van der Waals surface area contributed by atoms with E-state index < -0.39 is 11.3 Å². The number of benzene rings is 2. The molecule has 0 bridgehead atoms. The number of ether oxygens (including phenoxy) is 2.